The molecule has 1 N–H and O–H groups in total. The fourth-order valence-electron chi connectivity index (χ4n) is 2.65. The van der Waals surface area contributed by atoms with Gasteiger partial charge in [-0.3, -0.25) is 0 Å². The van der Waals surface area contributed by atoms with Crippen molar-refractivity contribution < 1.29 is 13.9 Å². The Morgan fingerprint density at radius 2 is 1.94 bits per heavy atom. The molecule has 0 bridgehead atoms. The third kappa shape index (κ3) is 3.23. The molecule has 2 rings (SSSR count). The summed E-state index contributed by atoms with van der Waals surface area (Å²) >= 11 is 1.72. The molecule has 4 heteroatoms. The summed E-state index contributed by atoms with van der Waals surface area (Å²) in [7, 11) is 0. The van der Waals surface area contributed by atoms with Gasteiger partial charge in [-0.15, -0.1) is 0 Å². The van der Waals surface area contributed by atoms with Crippen LogP contribution in [0.25, 0.3) is 0 Å². The molecule has 18 heavy (non-hydrogen) atoms. The lowest BCUT2D eigenvalue weighted by atomic mass is 9.79. The number of rotatable bonds is 2. The Labute approximate surface area is 111 Å². The molecule has 0 radical (unpaired) electrons. The van der Waals surface area contributed by atoms with Gasteiger partial charge in [0, 0.05) is 12.2 Å². The first-order chi connectivity index (χ1) is 8.30. The zero-order chi connectivity index (χ0) is 13.4. The average molecular weight is 272 g/mol. The maximum Gasteiger partial charge on any atom is 0.159 e. The van der Waals surface area contributed by atoms with E-state index >= 15 is 0 Å². The van der Waals surface area contributed by atoms with E-state index in [1.165, 1.54) is 6.07 Å². The van der Waals surface area contributed by atoms with E-state index in [0.717, 1.165) is 11.8 Å². The summed E-state index contributed by atoms with van der Waals surface area (Å²) in [5, 5.41) is 10.6. The normalized spacial score (nSPS) is 27.2. The minimum Gasteiger partial charge on any atom is -0.389 e. The Balaban J connectivity index is 2.14. The van der Waals surface area contributed by atoms with Crippen molar-refractivity contribution in [2.75, 3.05) is 11.5 Å². The Kier molecular flexibility index (Phi) is 3.70. The molecule has 1 atom stereocenters. The molecule has 0 aromatic heterocycles. The Bertz CT molecular complexity index is 447. The maximum atomic E-state index is 13.1. The summed E-state index contributed by atoms with van der Waals surface area (Å²) in [6.07, 6.45) is 1.06. The van der Waals surface area contributed by atoms with E-state index in [4.69, 9.17) is 0 Å². The number of aliphatic hydroxyl groups is 1. The van der Waals surface area contributed by atoms with Gasteiger partial charge in [0.05, 0.1) is 5.60 Å². The third-order valence-corrected chi connectivity index (χ3v) is 4.92. The molecule has 0 amide bonds. The summed E-state index contributed by atoms with van der Waals surface area (Å²) in [6, 6.07) is 3.84. The molecule has 0 saturated carbocycles. The van der Waals surface area contributed by atoms with Crippen LogP contribution in [0.4, 0.5) is 8.78 Å². The van der Waals surface area contributed by atoms with Gasteiger partial charge in [0.25, 0.3) is 0 Å². The molecular formula is C14H18F2OS. The fraction of sp³-hybridized carbons (Fsp3) is 0.571. The van der Waals surface area contributed by atoms with Gasteiger partial charge in [-0.2, -0.15) is 11.8 Å². The van der Waals surface area contributed by atoms with Crippen LogP contribution < -0.4 is 0 Å². The number of thioether (sulfide) groups is 1. The predicted octanol–water partition coefficient (Wildman–Crippen LogP) is 3.40. The van der Waals surface area contributed by atoms with E-state index < -0.39 is 17.2 Å². The number of benzene rings is 1. The topological polar surface area (TPSA) is 20.2 Å². The molecule has 1 aliphatic heterocycles. The van der Waals surface area contributed by atoms with Crippen molar-refractivity contribution in [1.82, 2.24) is 0 Å². The van der Waals surface area contributed by atoms with Crippen LogP contribution in [0.3, 0.4) is 0 Å². The van der Waals surface area contributed by atoms with Crippen LogP contribution in [0.2, 0.25) is 0 Å². The first-order valence-corrected chi connectivity index (χ1v) is 7.19. The molecule has 1 aromatic carbocycles. The van der Waals surface area contributed by atoms with Crippen molar-refractivity contribution in [3.05, 3.63) is 35.4 Å². The van der Waals surface area contributed by atoms with Crippen molar-refractivity contribution in [1.29, 1.82) is 0 Å². The Hall–Kier alpha value is -0.610. The Morgan fingerprint density at radius 3 is 2.56 bits per heavy atom. The number of hydrogen-bond donors (Lipinski definition) is 1. The van der Waals surface area contributed by atoms with Gasteiger partial charge in [-0.25, -0.2) is 8.78 Å². The van der Waals surface area contributed by atoms with Gasteiger partial charge in [0.1, 0.15) is 0 Å². The second-order valence-corrected chi connectivity index (χ2v) is 6.97. The van der Waals surface area contributed by atoms with Gasteiger partial charge in [0.15, 0.2) is 11.6 Å². The highest BCUT2D eigenvalue weighted by Crippen LogP contribution is 2.40. The van der Waals surface area contributed by atoms with Crippen LogP contribution in [0, 0.1) is 17.0 Å². The SMILES string of the molecule is CC1(C)CSCC(O)(Cc2ccc(F)c(F)c2)C1. The van der Waals surface area contributed by atoms with E-state index in [1.54, 1.807) is 17.8 Å². The lowest BCUT2D eigenvalue weighted by Gasteiger charge is -2.41. The standard InChI is InChI=1S/C14H18F2OS/c1-13(2)7-14(17,9-18-8-13)6-10-3-4-11(15)12(16)5-10/h3-5,17H,6-9H2,1-2H3. The number of hydrogen-bond acceptors (Lipinski definition) is 2. The average Bonchev–Trinajstić information content (AvgIpc) is 2.21. The van der Waals surface area contributed by atoms with Gasteiger partial charge in [-0.05, 0) is 35.3 Å². The summed E-state index contributed by atoms with van der Waals surface area (Å²) < 4.78 is 26.0. The minimum absolute atomic E-state index is 0.0796. The van der Waals surface area contributed by atoms with E-state index in [9.17, 15) is 13.9 Å². The summed E-state index contributed by atoms with van der Waals surface area (Å²) in [4.78, 5) is 0. The molecule has 1 saturated heterocycles. The second kappa shape index (κ2) is 4.82. The smallest absolute Gasteiger partial charge is 0.159 e. The summed E-state index contributed by atoms with van der Waals surface area (Å²) in [5.74, 6) is -0.0226. The van der Waals surface area contributed by atoms with Crippen LogP contribution in [-0.2, 0) is 6.42 Å². The van der Waals surface area contributed by atoms with Crippen molar-refractivity contribution in [3.63, 3.8) is 0 Å². The zero-order valence-electron chi connectivity index (χ0n) is 10.7. The second-order valence-electron chi connectivity index (χ2n) is 5.98. The molecule has 1 aliphatic rings. The largest absolute Gasteiger partial charge is 0.389 e. The molecule has 1 nitrogen and oxygen atoms in total. The van der Waals surface area contributed by atoms with Crippen molar-refractivity contribution >= 4 is 11.8 Å². The molecule has 0 spiro atoms. The van der Waals surface area contributed by atoms with Crippen LogP contribution >= 0.6 is 11.8 Å². The number of halogens is 2. The van der Waals surface area contributed by atoms with Gasteiger partial charge < -0.3 is 5.11 Å². The molecule has 1 heterocycles. The quantitative estimate of drug-likeness (QED) is 0.890. The molecule has 1 fully saturated rings. The van der Waals surface area contributed by atoms with Crippen molar-refractivity contribution in [2.45, 2.75) is 32.3 Å². The highest BCUT2D eigenvalue weighted by molar-refractivity contribution is 7.99. The minimum atomic E-state index is -0.848. The Morgan fingerprint density at radius 1 is 1.22 bits per heavy atom. The highest BCUT2D eigenvalue weighted by Gasteiger charge is 2.38. The lowest BCUT2D eigenvalue weighted by molar-refractivity contribution is 0.0199. The lowest BCUT2D eigenvalue weighted by Crippen LogP contribution is -2.44. The molecule has 1 unspecified atom stereocenters. The van der Waals surface area contributed by atoms with E-state index in [0.29, 0.717) is 24.2 Å². The highest BCUT2D eigenvalue weighted by atomic mass is 32.2. The van der Waals surface area contributed by atoms with Gasteiger partial charge in [0.2, 0.25) is 0 Å². The van der Waals surface area contributed by atoms with Crippen LogP contribution in [0.5, 0.6) is 0 Å². The molecule has 0 aliphatic carbocycles. The van der Waals surface area contributed by atoms with Gasteiger partial charge >= 0.3 is 0 Å². The monoisotopic (exact) mass is 272 g/mol. The zero-order valence-corrected chi connectivity index (χ0v) is 11.5. The van der Waals surface area contributed by atoms with E-state index in [-0.39, 0.29) is 5.41 Å². The summed E-state index contributed by atoms with van der Waals surface area (Å²) in [6.45, 7) is 4.24. The van der Waals surface area contributed by atoms with Crippen LogP contribution in [0.15, 0.2) is 18.2 Å². The van der Waals surface area contributed by atoms with Gasteiger partial charge in [-0.1, -0.05) is 19.9 Å². The van der Waals surface area contributed by atoms with Crippen LogP contribution in [-0.4, -0.2) is 22.2 Å². The maximum absolute atomic E-state index is 13.1. The van der Waals surface area contributed by atoms with E-state index in [1.807, 2.05) is 0 Å². The third-order valence-electron chi connectivity index (χ3n) is 3.19. The molecule has 100 valence electrons. The van der Waals surface area contributed by atoms with Crippen LogP contribution in [0.1, 0.15) is 25.8 Å². The van der Waals surface area contributed by atoms with E-state index in [2.05, 4.69) is 13.8 Å². The molecule has 1 aromatic rings. The van der Waals surface area contributed by atoms with Crippen molar-refractivity contribution in [3.8, 4) is 0 Å². The first kappa shape index (κ1) is 13.8. The van der Waals surface area contributed by atoms with Crippen molar-refractivity contribution in [2.24, 2.45) is 5.41 Å². The predicted molar refractivity (Wildman–Crippen MR) is 70.7 cm³/mol. The molecular weight excluding hydrogens is 254 g/mol. The first-order valence-electron chi connectivity index (χ1n) is 6.04. The fourth-order valence-corrected chi connectivity index (χ4v) is 3.99. The summed E-state index contributed by atoms with van der Waals surface area (Å²) in [5.41, 5.74) is -0.0953.